The average molecular weight is 240 g/mol. The van der Waals surface area contributed by atoms with Crippen LogP contribution in [-0.4, -0.2) is 9.55 Å². The number of aromatic nitrogens is 2. The molecule has 1 heterocycles. The summed E-state index contributed by atoms with van der Waals surface area (Å²) in [5, 5.41) is 10.3. The molecule has 0 fully saturated rings. The summed E-state index contributed by atoms with van der Waals surface area (Å²) in [6, 6.07) is 0. The molecule has 86 valence electrons. The Balaban J connectivity index is 3.40. The van der Waals surface area contributed by atoms with E-state index in [0.29, 0.717) is 18.3 Å². The highest BCUT2D eigenvalue weighted by Gasteiger charge is 2.13. The number of H-pyrrole nitrogens is 1. The maximum absolute atomic E-state index is 11.5. The molecule has 0 amide bonds. The van der Waals surface area contributed by atoms with Gasteiger partial charge in [-0.15, -0.1) is 0 Å². The van der Waals surface area contributed by atoms with Gasteiger partial charge in [-0.25, -0.2) is 4.79 Å². The van der Waals surface area contributed by atoms with Crippen LogP contribution in [0.25, 0.3) is 0 Å². The van der Waals surface area contributed by atoms with Gasteiger partial charge in [-0.3, -0.25) is 14.3 Å². The third-order valence-corrected chi connectivity index (χ3v) is 2.58. The fraction of sp³-hybridized carbons (Fsp3) is 0.444. The summed E-state index contributed by atoms with van der Waals surface area (Å²) in [5.74, 6) is 0.264. The Bertz CT molecular complexity index is 538. The molecule has 0 aliphatic carbocycles. The minimum Gasteiger partial charge on any atom is -0.384 e. The number of hydrogen-bond donors (Lipinski definition) is 2. The molecule has 0 unspecified atom stereocenters. The normalized spacial score (nSPS) is 10.4. The minimum atomic E-state index is -0.617. The third-order valence-electron chi connectivity index (χ3n) is 1.89. The molecule has 1 rings (SSSR count). The van der Waals surface area contributed by atoms with Crippen molar-refractivity contribution in [3.05, 3.63) is 20.8 Å². The second-order valence-corrected chi connectivity index (χ2v) is 4.47. The van der Waals surface area contributed by atoms with Crippen LogP contribution in [0.3, 0.4) is 0 Å². The number of nitriles is 1. The summed E-state index contributed by atoms with van der Waals surface area (Å²) in [4.78, 5) is 25.1. The van der Waals surface area contributed by atoms with E-state index in [-0.39, 0.29) is 16.6 Å². The van der Waals surface area contributed by atoms with Crippen LogP contribution in [0.15, 0.2) is 14.5 Å². The van der Waals surface area contributed by atoms with Gasteiger partial charge in [0.05, 0.1) is 0 Å². The van der Waals surface area contributed by atoms with Gasteiger partial charge in [0, 0.05) is 6.54 Å². The number of rotatable bonds is 3. The molecule has 0 spiro atoms. The van der Waals surface area contributed by atoms with Gasteiger partial charge in [0.2, 0.25) is 0 Å². The first-order valence-electron chi connectivity index (χ1n) is 4.66. The van der Waals surface area contributed by atoms with E-state index >= 15 is 0 Å². The zero-order chi connectivity index (χ0) is 12.3. The van der Waals surface area contributed by atoms with Crippen LogP contribution in [0, 0.1) is 16.6 Å². The van der Waals surface area contributed by atoms with Crippen molar-refractivity contribution in [2.24, 2.45) is 5.92 Å². The van der Waals surface area contributed by atoms with Crippen molar-refractivity contribution in [1.29, 1.82) is 5.26 Å². The van der Waals surface area contributed by atoms with Gasteiger partial charge in [-0.05, 0) is 17.7 Å². The van der Waals surface area contributed by atoms with E-state index in [0.717, 1.165) is 0 Å². The van der Waals surface area contributed by atoms with Crippen LogP contribution in [-0.2, 0) is 6.54 Å². The van der Waals surface area contributed by atoms with Gasteiger partial charge < -0.3 is 5.73 Å². The predicted octanol–water partition coefficient (Wildman–Crippen LogP) is 0.348. The number of thioether (sulfide) groups is 1. The smallest absolute Gasteiger partial charge is 0.329 e. The van der Waals surface area contributed by atoms with Gasteiger partial charge in [0.1, 0.15) is 16.1 Å². The molecule has 7 heteroatoms. The van der Waals surface area contributed by atoms with E-state index < -0.39 is 11.2 Å². The van der Waals surface area contributed by atoms with E-state index in [1.807, 2.05) is 13.8 Å². The summed E-state index contributed by atoms with van der Waals surface area (Å²) in [6.45, 7) is 4.25. The van der Waals surface area contributed by atoms with Gasteiger partial charge in [0.15, 0.2) is 0 Å². The summed E-state index contributed by atoms with van der Waals surface area (Å²) >= 11 is 0.656. The van der Waals surface area contributed by atoms with Crippen LogP contribution in [0.1, 0.15) is 13.8 Å². The SMILES string of the molecule is CC(C)Cn1c(N)c(SC#N)c(=O)[nH]c1=O. The molecule has 16 heavy (non-hydrogen) atoms. The molecule has 0 aromatic carbocycles. The Labute approximate surface area is 96.1 Å². The second kappa shape index (κ2) is 4.90. The largest absolute Gasteiger partial charge is 0.384 e. The van der Waals surface area contributed by atoms with E-state index in [4.69, 9.17) is 11.0 Å². The molecule has 3 N–H and O–H groups in total. The molecule has 0 saturated heterocycles. The number of nitrogens with zero attached hydrogens (tertiary/aromatic N) is 2. The molecular weight excluding hydrogens is 228 g/mol. The molecule has 1 aromatic heterocycles. The van der Waals surface area contributed by atoms with Gasteiger partial charge in [0.25, 0.3) is 5.56 Å². The maximum Gasteiger partial charge on any atom is 0.329 e. The average Bonchev–Trinajstić information content (AvgIpc) is 2.19. The van der Waals surface area contributed by atoms with Gasteiger partial charge >= 0.3 is 5.69 Å². The zero-order valence-corrected chi connectivity index (χ0v) is 9.80. The Kier molecular flexibility index (Phi) is 3.79. The van der Waals surface area contributed by atoms with Crippen LogP contribution in [0.4, 0.5) is 5.82 Å². The van der Waals surface area contributed by atoms with Crippen LogP contribution in [0.2, 0.25) is 0 Å². The predicted molar refractivity (Wildman–Crippen MR) is 62.0 cm³/mol. The van der Waals surface area contributed by atoms with Crippen LogP contribution >= 0.6 is 11.8 Å². The Morgan fingerprint density at radius 3 is 2.69 bits per heavy atom. The summed E-state index contributed by atoms with van der Waals surface area (Å²) in [5.41, 5.74) is 4.53. The highest BCUT2D eigenvalue weighted by molar-refractivity contribution is 8.03. The molecule has 0 atom stereocenters. The first kappa shape index (κ1) is 12.4. The minimum absolute atomic E-state index is 0.0500. The first-order chi connectivity index (χ1) is 7.47. The number of nitrogens with one attached hydrogen (secondary N) is 1. The summed E-state index contributed by atoms with van der Waals surface area (Å²) in [6.07, 6.45) is 0. The lowest BCUT2D eigenvalue weighted by Crippen LogP contribution is -2.34. The molecule has 6 nitrogen and oxygen atoms in total. The monoisotopic (exact) mass is 240 g/mol. The molecule has 0 saturated carbocycles. The second-order valence-electron chi connectivity index (χ2n) is 3.67. The number of thiocyanates is 1. The quantitative estimate of drug-likeness (QED) is 0.586. The molecule has 1 aromatic rings. The number of nitrogen functional groups attached to an aromatic ring is 1. The molecule has 0 aliphatic heterocycles. The van der Waals surface area contributed by atoms with Gasteiger partial charge in [-0.2, -0.15) is 5.26 Å². The standard InChI is InChI=1S/C9H12N4O2S/c1-5(2)3-13-7(11)6(16-4-10)8(14)12-9(13)15/h5H,3,11H2,1-2H3,(H,12,14,15). The molecule has 0 radical (unpaired) electrons. The third kappa shape index (κ3) is 2.46. The topological polar surface area (TPSA) is 105 Å². The number of aromatic amines is 1. The van der Waals surface area contributed by atoms with E-state index in [1.165, 1.54) is 4.57 Å². The first-order valence-corrected chi connectivity index (χ1v) is 5.47. The Morgan fingerprint density at radius 2 is 2.19 bits per heavy atom. The fourth-order valence-electron chi connectivity index (χ4n) is 1.26. The lowest BCUT2D eigenvalue weighted by molar-refractivity contribution is 0.503. The molecule has 0 bridgehead atoms. The fourth-order valence-corrected chi connectivity index (χ4v) is 1.71. The number of hydrogen-bond acceptors (Lipinski definition) is 5. The van der Waals surface area contributed by atoms with E-state index in [2.05, 4.69) is 4.98 Å². The Hall–Kier alpha value is -1.68. The van der Waals surface area contributed by atoms with Crippen molar-refractivity contribution < 1.29 is 0 Å². The van der Waals surface area contributed by atoms with Crippen molar-refractivity contribution in [2.45, 2.75) is 25.3 Å². The summed E-state index contributed by atoms with van der Waals surface area (Å²) < 4.78 is 1.27. The van der Waals surface area contributed by atoms with E-state index in [9.17, 15) is 9.59 Å². The van der Waals surface area contributed by atoms with Crippen LogP contribution < -0.4 is 17.0 Å². The highest BCUT2D eigenvalue weighted by atomic mass is 32.2. The van der Waals surface area contributed by atoms with E-state index in [1.54, 1.807) is 5.40 Å². The van der Waals surface area contributed by atoms with Crippen molar-refractivity contribution in [1.82, 2.24) is 9.55 Å². The number of anilines is 1. The van der Waals surface area contributed by atoms with Crippen molar-refractivity contribution >= 4 is 17.6 Å². The number of nitrogens with two attached hydrogens (primary N) is 1. The van der Waals surface area contributed by atoms with Crippen LogP contribution in [0.5, 0.6) is 0 Å². The highest BCUT2D eigenvalue weighted by Crippen LogP contribution is 2.18. The zero-order valence-electron chi connectivity index (χ0n) is 8.98. The lowest BCUT2D eigenvalue weighted by Gasteiger charge is -2.12. The summed E-state index contributed by atoms with van der Waals surface area (Å²) in [7, 11) is 0. The lowest BCUT2D eigenvalue weighted by atomic mass is 10.2. The van der Waals surface area contributed by atoms with Crippen molar-refractivity contribution in [2.75, 3.05) is 5.73 Å². The van der Waals surface area contributed by atoms with Gasteiger partial charge in [-0.1, -0.05) is 13.8 Å². The maximum atomic E-state index is 11.5. The molecular formula is C9H12N4O2S. The van der Waals surface area contributed by atoms with Crippen molar-refractivity contribution in [3.63, 3.8) is 0 Å². The Morgan fingerprint density at radius 1 is 1.56 bits per heavy atom. The molecule has 0 aliphatic rings. The van der Waals surface area contributed by atoms with Crippen molar-refractivity contribution in [3.8, 4) is 5.40 Å².